The molecule has 13 heteroatoms. The number of anilines is 4. The van der Waals surface area contributed by atoms with Gasteiger partial charge in [-0.25, -0.2) is 8.78 Å². The maximum Gasteiger partial charge on any atom is 0.232 e. The summed E-state index contributed by atoms with van der Waals surface area (Å²) in [5.41, 5.74) is 7.09. The lowest BCUT2D eigenvalue weighted by Crippen LogP contribution is -2.37. The van der Waals surface area contributed by atoms with E-state index in [0.717, 1.165) is 0 Å². The van der Waals surface area contributed by atoms with Crippen LogP contribution in [0.3, 0.4) is 0 Å². The summed E-state index contributed by atoms with van der Waals surface area (Å²) in [4.78, 5) is 14.8. The number of morpholine rings is 1. The van der Waals surface area contributed by atoms with E-state index in [0.29, 0.717) is 60.4 Å². The average molecular weight is 498 g/mol. The van der Waals surface area contributed by atoms with E-state index in [2.05, 4.69) is 35.4 Å². The van der Waals surface area contributed by atoms with Gasteiger partial charge in [0.15, 0.2) is 5.16 Å². The van der Waals surface area contributed by atoms with Crippen molar-refractivity contribution in [1.29, 1.82) is 0 Å². The number of nitrogens with one attached hydrogen (secondary N) is 1. The van der Waals surface area contributed by atoms with E-state index in [1.54, 1.807) is 28.8 Å². The summed E-state index contributed by atoms with van der Waals surface area (Å²) in [6.07, 6.45) is 0. The third kappa shape index (κ3) is 5.46. The number of hydrogen-bond acceptors (Lipinski definition) is 10. The highest BCUT2D eigenvalue weighted by Crippen LogP contribution is 2.29. The Balaban J connectivity index is 1.40. The standard InChI is InChI=1S/C22H21F2N9OS/c23-14-4-6-16(7-5-14)26-20-28-18(27-19(25)29-20)13-35-22-31-30-21(32-8-10-34-11-9-32)33(22)17-3-1-2-15(24)12-17/h1-7,12H,8-11,13H2,(H3,25,26,27,28,29). The second kappa shape index (κ2) is 10.2. The molecule has 2 aromatic carbocycles. The van der Waals surface area contributed by atoms with E-state index >= 15 is 0 Å². The predicted octanol–water partition coefficient (Wildman–Crippen LogP) is 3.19. The SMILES string of the molecule is Nc1nc(CSc2nnc(N3CCOCC3)n2-c2cccc(F)c2)nc(Nc2ccc(F)cc2)n1. The van der Waals surface area contributed by atoms with Gasteiger partial charge in [-0.3, -0.25) is 4.57 Å². The summed E-state index contributed by atoms with van der Waals surface area (Å²) >= 11 is 1.33. The third-order valence-corrected chi connectivity index (χ3v) is 6.03. The van der Waals surface area contributed by atoms with E-state index in [4.69, 9.17) is 10.5 Å². The molecule has 4 aromatic rings. The predicted molar refractivity (Wildman–Crippen MR) is 128 cm³/mol. The van der Waals surface area contributed by atoms with Crippen LogP contribution in [0.25, 0.3) is 5.69 Å². The molecule has 180 valence electrons. The summed E-state index contributed by atoms with van der Waals surface area (Å²) < 4.78 is 34.5. The first-order chi connectivity index (χ1) is 17.0. The van der Waals surface area contributed by atoms with Crippen molar-refractivity contribution in [3.8, 4) is 5.69 Å². The van der Waals surface area contributed by atoms with Gasteiger partial charge in [0.1, 0.15) is 17.5 Å². The smallest absolute Gasteiger partial charge is 0.232 e. The molecule has 0 atom stereocenters. The lowest BCUT2D eigenvalue weighted by molar-refractivity contribution is 0.122. The fourth-order valence-corrected chi connectivity index (χ4v) is 4.32. The summed E-state index contributed by atoms with van der Waals surface area (Å²) in [7, 11) is 0. The summed E-state index contributed by atoms with van der Waals surface area (Å²) in [5, 5.41) is 12.3. The highest BCUT2D eigenvalue weighted by atomic mass is 32.2. The summed E-state index contributed by atoms with van der Waals surface area (Å²) in [5.74, 6) is 0.898. The molecule has 10 nitrogen and oxygen atoms in total. The quantitative estimate of drug-likeness (QED) is 0.368. The number of rotatable bonds is 7. The first kappa shape index (κ1) is 22.9. The monoisotopic (exact) mass is 497 g/mol. The van der Waals surface area contributed by atoms with Crippen molar-refractivity contribution in [3.05, 3.63) is 66.0 Å². The Kier molecular flexibility index (Phi) is 6.68. The zero-order chi connectivity index (χ0) is 24.2. The van der Waals surface area contributed by atoms with Gasteiger partial charge in [0.25, 0.3) is 0 Å². The molecule has 0 bridgehead atoms. The second-order valence-corrected chi connectivity index (χ2v) is 8.49. The number of aromatic nitrogens is 6. The number of nitrogens with zero attached hydrogens (tertiary/aromatic N) is 7. The molecule has 1 aliphatic heterocycles. The molecular formula is C22H21F2N9OS. The van der Waals surface area contributed by atoms with Crippen LogP contribution in [0.4, 0.5) is 32.3 Å². The molecule has 1 fully saturated rings. The molecule has 0 unspecified atom stereocenters. The van der Waals surface area contributed by atoms with E-state index in [1.165, 1.54) is 36.0 Å². The molecular weight excluding hydrogens is 476 g/mol. The molecule has 2 aromatic heterocycles. The highest BCUT2D eigenvalue weighted by molar-refractivity contribution is 7.98. The molecule has 1 saturated heterocycles. The zero-order valence-electron chi connectivity index (χ0n) is 18.4. The first-order valence-electron chi connectivity index (χ1n) is 10.7. The van der Waals surface area contributed by atoms with Gasteiger partial charge in [-0.1, -0.05) is 17.8 Å². The fraction of sp³-hybridized carbons (Fsp3) is 0.227. The Hall–Kier alpha value is -3.84. The molecule has 0 amide bonds. The van der Waals surface area contributed by atoms with Gasteiger partial charge >= 0.3 is 0 Å². The molecule has 0 radical (unpaired) electrons. The first-order valence-corrected chi connectivity index (χ1v) is 11.7. The number of nitrogen functional groups attached to an aromatic ring is 1. The molecule has 35 heavy (non-hydrogen) atoms. The van der Waals surface area contributed by atoms with Crippen LogP contribution in [0.2, 0.25) is 0 Å². The molecule has 3 heterocycles. The van der Waals surface area contributed by atoms with Crippen molar-refractivity contribution in [3.63, 3.8) is 0 Å². The maximum atomic E-state index is 14.0. The minimum atomic E-state index is -0.359. The van der Waals surface area contributed by atoms with Crippen molar-refractivity contribution in [2.45, 2.75) is 10.9 Å². The van der Waals surface area contributed by atoms with Crippen molar-refractivity contribution in [2.75, 3.05) is 42.3 Å². The van der Waals surface area contributed by atoms with Crippen LogP contribution in [-0.2, 0) is 10.5 Å². The van der Waals surface area contributed by atoms with Crippen LogP contribution >= 0.6 is 11.8 Å². The van der Waals surface area contributed by atoms with Gasteiger partial charge in [0.05, 0.1) is 24.7 Å². The fourth-order valence-electron chi connectivity index (χ4n) is 3.51. The summed E-state index contributed by atoms with van der Waals surface area (Å²) in [6.45, 7) is 2.46. The summed E-state index contributed by atoms with van der Waals surface area (Å²) in [6, 6.07) is 12.1. The Morgan fingerprint density at radius 2 is 1.77 bits per heavy atom. The zero-order valence-corrected chi connectivity index (χ0v) is 19.3. The Bertz CT molecular complexity index is 1310. The van der Waals surface area contributed by atoms with Crippen LogP contribution in [0, 0.1) is 11.6 Å². The van der Waals surface area contributed by atoms with Crippen LogP contribution < -0.4 is 16.0 Å². The molecule has 3 N–H and O–H groups in total. The van der Waals surface area contributed by atoms with Gasteiger partial charge in [0, 0.05) is 18.8 Å². The van der Waals surface area contributed by atoms with Crippen molar-refractivity contribution in [1.82, 2.24) is 29.7 Å². The lowest BCUT2D eigenvalue weighted by atomic mass is 10.3. The Labute approximate surface area is 203 Å². The number of nitrogens with two attached hydrogens (primary N) is 1. The van der Waals surface area contributed by atoms with E-state index in [9.17, 15) is 8.78 Å². The minimum absolute atomic E-state index is 0.0424. The average Bonchev–Trinajstić information content (AvgIpc) is 3.28. The van der Waals surface area contributed by atoms with Crippen molar-refractivity contribution >= 4 is 35.3 Å². The van der Waals surface area contributed by atoms with Crippen molar-refractivity contribution in [2.24, 2.45) is 0 Å². The van der Waals surface area contributed by atoms with E-state index in [1.807, 2.05) is 0 Å². The van der Waals surface area contributed by atoms with Crippen molar-refractivity contribution < 1.29 is 13.5 Å². The van der Waals surface area contributed by atoms with Crippen LogP contribution in [0.5, 0.6) is 0 Å². The lowest BCUT2D eigenvalue weighted by Gasteiger charge is -2.27. The van der Waals surface area contributed by atoms with Crippen LogP contribution in [0.15, 0.2) is 53.7 Å². The van der Waals surface area contributed by atoms with E-state index < -0.39 is 0 Å². The van der Waals surface area contributed by atoms with Gasteiger partial charge in [-0.2, -0.15) is 15.0 Å². The molecule has 0 saturated carbocycles. The number of benzene rings is 2. The maximum absolute atomic E-state index is 14.0. The highest BCUT2D eigenvalue weighted by Gasteiger charge is 2.22. The Morgan fingerprint density at radius 3 is 2.54 bits per heavy atom. The van der Waals surface area contributed by atoms with Gasteiger partial charge in [-0.15, -0.1) is 10.2 Å². The topological polar surface area (TPSA) is 120 Å². The number of hydrogen-bond donors (Lipinski definition) is 2. The van der Waals surface area contributed by atoms with Crippen LogP contribution in [-0.4, -0.2) is 56.0 Å². The molecule has 0 spiro atoms. The number of ether oxygens (including phenoxy) is 1. The third-order valence-electron chi connectivity index (χ3n) is 5.11. The second-order valence-electron chi connectivity index (χ2n) is 7.55. The number of thioether (sulfide) groups is 1. The molecule has 0 aliphatic carbocycles. The van der Waals surface area contributed by atoms with Crippen LogP contribution in [0.1, 0.15) is 5.82 Å². The molecule has 5 rings (SSSR count). The van der Waals surface area contributed by atoms with E-state index in [-0.39, 0.29) is 23.5 Å². The normalized spacial score (nSPS) is 13.7. The van der Waals surface area contributed by atoms with Gasteiger partial charge in [-0.05, 0) is 42.5 Å². The number of halogens is 2. The molecule has 1 aliphatic rings. The van der Waals surface area contributed by atoms with Gasteiger partial charge in [0.2, 0.25) is 17.8 Å². The largest absolute Gasteiger partial charge is 0.378 e. The Morgan fingerprint density at radius 1 is 0.971 bits per heavy atom. The van der Waals surface area contributed by atoms with Gasteiger partial charge < -0.3 is 20.7 Å². The minimum Gasteiger partial charge on any atom is -0.378 e.